The van der Waals surface area contributed by atoms with E-state index < -0.39 is 42.4 Å². The molecule has 1 aromatic heterocycles. The monoisotopic (exact) mass is 343 g/mol. The molecule has 130 valence electrons. The van der Waals surface area contributed by atoms with Crippen LogP contribution in [-0.2, 0) is 22.3 Å². The maximum absolute atomic E-state index is 13.1. The number of carboxylic acids is 1. The van der Waals surface area contributed by atoms with Gasteiger partial charge in [-0.3, -0.25) is 4.79 Å². The minimum atomic E-state index is -4.73. The number of fused-ring (bicyclic) bond motifs is 1. The molecule has 9 heteroatoms. The van der Waals surface area contributed by atoms with Gasteiger partial charge in [0.15, 0.2) is 0 Å². The summed E-state index contributed by atoms with van der Waals surface area (Å²) in [5.74, 6) is -3.68. The Morgan fingerprint density at radius 3 is 2.46 bits per heavy atom. The van der Waals surface area contributed by atoms with Gasteiger partial charge in [0.05, 0.1) is 11.0 Å². The normalized spacial score (nSPS) is 13.2. The molecule has 1 aromatic carbocycles. The quantitative estimate of drug-likeness (QED) is 0.872. The Balaban J connectivity index is 2.35. The smallest absolute Gasteiger partial charge is 0.449 e. The number of para-hydroxylation sites is 2. The minimum absolute atomic E-state index is 0.108. The summed E-state index contributed by atoms with van der Waals surface area (Å²) < 4.78 is 40.2. The molecule has 0 saturated carbocycles. The highest BCUT2D eigenvalue weighted by Gasteiger charge is 2.38. The predicted molar refractivity (Wildman–Crippen MR) is 79.1 cm³/mol. The first-order valence-electron chi connectivity index (χ1n) is 7.16. The van der Waals surface area contributed by atoms with Gasteiger partial charge in [-0.05, 0) is 18.1 Å². The number of hydrogen-bond acceptors (Lipinski definition) is 3. The van der Waals surface area contributed by atoms with Crippen LogP contribution in [0.15, 0.2) is 24.3 Å². The van der Waals surface area contributed by atoms with Crippen LogP contribution in [0.25, 0.3) is 11.0 Å². The van der Waals surface area contributed by atoms with E-state index in [4.69, 9.17) is 5.11 Å². The van der Waals surface area contributed by atoms with E-state index in [-0.39, 0.29) is 11.0 Å². The topological polar surface area (TPSA) is 84.2 Å². The summed E-state index contributed by atoms with van der Waals surface area (Å²) in [4.78, 5) is 26.7. The van der Waals surface area contributed by atoms with Crippen LogP contribution in [0.2, 0.25) is 0 Å². The van der Waals surface area contributed by atoms with Gasteiger partial charge in [-0.25, -0.2) is 9.78 Å². The number of aromatic nitrogens is 2. The molecule has 0 aliphatic rings. The van der Waals surface area contributed by atoms with Gasteiger partial charge in [0, 0.05) is 0 Å². The van der Waals surface area contributed by atoms with Crippen molar-refractivity contribution in [3.05, 3.63) is 30.1 Å². The van der Waals surface area contributed by atoms with E-state index in [1.54, 1.807) is 19.9 Å². The van der Waals surface area contributed by atoms with E-state index in [9.17, 15) is 22.8 Å². The molecule has 0 fully saturated rings. The Kier molecular flexibility index (Phi) is 4.81. The predicted octanol–water partition coefficient (Wildman–Crippen LogP) is 2.28. The third-order valence-corrected chi connectivity index (χ3v) is 3.46. The third kappa shape index (κ3) is 3.66. The second kappa shape index (κ2) is 6.50. The Morgan fingerprint density at radius 1 is 1.29 bits per heavy atom. The number of carboxylic acid groups (broad SMARTS) is 1. The number of nitrogens with one attached hydrogen (secondary N) is 1. The Morgan fingerprint density at radius 2 is 1.92 bits per heavy atom. The summed E-state index contributed by atoms with van der Waals surface area (Å²) in [6, 6.07) is 4.72. The van der Waals surface area contributed by atoms with Gasteiger partial charge in [0.2, 0.25) is 11.7 Å². The molecule has 1 atom stereocenters. The molecule has 1 amide bonds. The van der Waals surface area contributed by atoms with E-state index in [2.05, 4.69) is 10.3 Å². The summed E-state index contributed by atoms with van der Waals surface area (Å²) in [6.45, 7) is 2.51. The zero-order valence-corrected chi connectivity index (χ0v) is 13.0. The van der Waals surface area contributed by atoms with Gasteiger partial charge in [-0.1, -0.05) is 26.0 Å². The number of carbonyl (C=O) groups is 2. The van der Waals surface area contributed by atoms with Gasteiger partial charge in [0.1, 0.15) is 12.6 Å². The van der Waals surface area contributed by atoms with E-state index in [0.717, 1.165) is 4.57 Å². The largest absolute Gasteiger partial charge is 0.480 e. The van der Waals surface area contributed by atoms with Crippen molar-refractivity contribution in [2.45, 2.75) is 32.6 Å². The maximum atomic E-state index is 13.1. The third-order valence-electron chi connectivity index (χ3n) is 3.46. The summed E-state index contributed by atoms with van der Waals surface area (Å²) in [7, 11) is 0. The summed E-state index contributed by atoms with van der Waals surface area (Å²) in [6.07, 6.45) is -4.73. The van der Waals surface area contributed by atoms with Crippen LogP contribution < -0.4 is 5.32 Å². The molecule has 0 bridgehead atoms. The number of halogens is 3. The molecule has 0 unspecified atom stereocenters. The Labute approximate surface area is 135 Å². The molecule has 2 rings (SSSR count). The molecule has 2 N–H and O–H groups in total. The lowest BCUT2D eigenvalue weighted by Gasteiger charge is -2.19. The zero-order chi connectivity index (χ0) is 18.1. The number of imidazole rings is 1. The van der Waals surface area contributed by atoms with Gasteiger partial charge in [-0.15, -0.1) is 0 Å². The first-order valence-corrected chi connectivity index (χ1v) is 7.16. The van der Waals surface area contributed by atoms with E-state index >= 15 is 0 Å². The van der Waals surface area contributed by atoms with Crippen LogP contribution in [0.5, 0.6) is 0 Å². The first-order chi connectivity index (χ1) is 11.1. The second-order valence-corrected chi connectivity index (χ2v) is 5.64. The molecule has 0 aliphatic heterocycles. The van der Waals surface area contributed by atoms with Crippen LogP contribution in [0.3, 0.4) is 0 Å². The fraction of sp³-hybridized carbons (Fsp3) is 0.400. The fourth-order valence-electron chi connectivity index (χ4n) is 2.33. The highest BCUT2D eigenvalue weighted by molar-refractivity contribution is 5.85. The van der Waals surface area contributed by atoms with Gasteiger partial charge in [-0.2, -0.15) is 13.2 Å². The highest BCUT2D eigenvalue weighted by atomic mass is 19.4. The van der Waals surface area contributed by atoms with Crippen LogP contribution in [0.1, 0.15) is 19.7 Å². The molecule has 24 heavy (non-hydrogen) atoms. The second-order valence-electron chi connectivity index (χ2n) is 5.64. The van der Waals surface area contributed by atoms with Crippen molar-refractivity contribution >= 4 is 22.9 Å². The Hall–Kier alpha value is -2.58. The van der Waals surface area contributed by atoms with Crippen LogP contribution in [0, 0.1) is 5.92 Å². The average molecular weight is 343 g/mol. The molecule has 0 spiro atoms. The fourth-order valence-corrected chi connectivity index (χ4v) is 2.33. The maximum Gasteiger partial charge on any atom is 0.449 e. The number of carbonyl (C=O) groups excluding carboxylic acids is 1. The van der Waals surface area contributed by atoms with E-state index in [1.807, 2.05) is 0 Å². The van der Waals surface area contributed by atoms with Crippen LogP contribution >= 0.6 is 0 Å². The number of rotatable bonds is 5. The molecular formula is C15H16F3N3O3. The lowest BCUT2D eigenvalue weighted by Crippen LogP contribution is -2.45. The van der Waals surface area contributed by atoms with Gasteiger partial charge >= 0.3 is 12.1 Å². The lowest BCUT2D eigenvalue weighted by atomic mass is 10.1. The molecule has 0 saturated heterocycles. The first kappa shape index (κ1) is 17.8. The van der Waals surface area contributed by atoms with Crippen molar-refractivity contribution < 1.29 is 27.9 Å². The van der Waals surface area contributed by atoms with Crippen molar-refractivity contribution in [1.29, 1.82) is 0 Å². The van der Waals surface area contributed by atoms with Gasteiger partial charge in [0.25, 0.3) is 0 Å². The van der Waals surface area contributed by atoms with Crippen LogP contribution in [-0.4, -0.2) is 32.6 Å². The number of alkyl halides is 3. The number of nitrogens with zero attached hydrogens (tertiary/aromatic N) is 2. The van der Waals surface area contributed by atoms with Crippen molar-refractivity contribution in [2.75, 3.05) is 0 Å². The Bertz CT molecular complexity index is 768. The van der Waals surface area contributed by atoms with Crippen molar-refractivity contribution in [3.63, 3.8) is 0 Å². The minimum Gasteiger partial charge on any atom is -0.480 e. The summed E-state index contributed by atoms with van der Waals surface area (Å²) >= 11 is 0. The van der Waals surface area contributed by atoms with Gasteiger partial charge < -0.3 is 15.0 Å². The number of hydrogen-bond donors (Lipinski definition) is 2. The molecule has 0 radical (unpaired) electrons. The molecule has 6 nitrogen and oxygen atoms in total. The molecule has 0 aliphatic carbocycles. The molecular weight excluding hydrogens is 327 g/mol. The summed E-state index contributed by atoms with van der Waals surface area (Å²) in [5, 5.41) is 11.3. The van der Waals surface area contributed by atoms with Crippen molar-refractivity contribution in [3.8, 4) is 0 Å². The number of aliphatic carboxylic acids is 1. The molecule has 2 aromatic rings. The lowest BCUT2D eigenvalue weighted by molar-refractivity contribution is -0.148. The number of amides is 1. The number of benzene rings is 1. The molecule has 1 heterocycles. The van der Waals surface area contributed by atoms with Crippen LogP contribution in [0.4, 0.5) is 13.2 Å². The van der Waals surface area contributed by atoms with Crippen molar-refractivity contribution in [2.24, 2.45) is 5.92 Å². The zero-order valence-electron chi connectivity index (χ0n) is 13.0. The van der Waals surface area contributed by atoms with E-state index in [1.165, 1.54) is 18.2 Å². The van der Waals surface area contributed by atoms with E-state index in [0.29, 0.717) is 0 Å². The highest BCUT2D eigenvalue weighted by Crippen LogP contribution is 2.31. The summed E-state index contributed by atoms with van der Waals surface area (Å²) in [5.41, 5.74) is 0.257. The standard InChI is InChI=1S/C15H16F3N3O3/c1-8(2)12(13(23)24)20-11(22)7-21-10-6-4-3-5-9(10)19-14(21)15(16,17)18/h3-6,8,12H,7H2,1-2H3,(H,20,22)(H,23,24)/t12-/m0/s1. The average Bonchev–Trinajstić information content (AvgIpc) is 2.83. The SMILES string of the molecule is CC(C)[C@H](NC(=O)Cn1c(C(F)(F)F)nc2ccccc21)C(=O)O. The van der Waals surface area contributed by atoms with Crippen molar-refractivity contribution in [1.82, 2.24) is 14.9 Å².